The molecule has 0 saturated carbocycles. The normalized spacial score (nSPS) is 22.1. The van der Waals surface area contributed by atoms with Crippen LogP contribution in [0.5, 0.6) is 0 Å². The minimum atomic E-state index is -1.35. The largest absolute Gasteiger partial charge is 0.386 e. The Morgan fingerprint density at radius 2 is 2.25 bits per heavy atom. The molecule has 3 heteroatoms. The van der Waals surface area contributed by atoms with E-state index in [9.17, 15) is 4.39 Å². The van der Waals surface area contributed by atoms with Gasteiger partial charge in [0.25, 0.3) is 0 Å². The lowest BCUT2D eigenvalue weighted by Gasteiger charge is -2.21. The molecular weight excluding hydrogens is 109 g/mol. The summed E-state index contributed by atoms with van der Waals surface area (Å²) in [4.78, 5) is 0. The van der Waals surface area contributed by atoms with Crippen molar-refractivity contribution in [2.24, 2.45) is 5.73 Å². The summed E-state index contributed by atoms with van der Waals surface area (Å²) in [6.45, 7) is 2.62. The first-order chi connectivity index (χ1) is 3.50. The van der Waals surface area contributed by atoms with E-state index in [0.717, 1.165) is 0 Å². The van der Waals surface area contributed by atoms with E-state index < -0.39 is 11.8 Å². The van der Waals surface area contributed by atoms with Gasteiger partial charge in [0.05, 0.1) is 0 Å². The monoisotopic (exact) mass is 121 g/mol. The Morgan fingerprint density at radius 1 is 1.88 bits per heavy atom. The van der Waals surface area contributed by atoms with E-state index in [1.807, 2.05) is 0 Å². The molecule has 0 aliphatic rings. The molecule has 0 rings (SSSR count). The van der Waals surface area contributed by atoms with Gasteiger partial charge in [0.1, 0.15) is 11.8 Å². The molecule has 3 N–H and O–H groups in total. The van der Waals surface area contributed by atoms with Crippen molar-refractivity contribution in [2.45, 2.75) is 25.6 Å². The Labute approximate surface area is 48.5 Å². The quantitative estimate of drug-likeness (QED) is 0.542. The standard InChI is InChI=1S/C5H12FNO/c1-4(6)5(2,8)3-7/h4,8H,3,7H2,1-2H3. The number of halogens is 1. The third-order valence-electron chi connectivity index (χ3n) is 1.27. The van der Waals surface area contributed by atoms with Gasteiger partial charge in [0.15, 0.2) is 0 Å². The van der Waals surface area contributed by atoms with Crippen molar-refractivity contribution >= 4 is 0 Å². The van der Waals surface area contributed by atoms with Crippen LogP contribution in [-0.4, -0.2) is 23.4 Å². The van der Waals surface area contributed by atoms with E-state index in [1.165, 1.54) is 13.8 Å². The maximum Gasteiger partial charge on any atom is 0.127 e. The van der Waals surface area contributed by atoms with Gasteiger partial charge in [0, 0.05) is 6.54 Å². The van der Waals surface area contributed by atoms with Gasteiger partial charge in [0.2, 0.25) is 0 Å². The first kappa shape index (κ1) is 7.85. The van der Waals surface area contributed by atoms with Crippen LogP contribution in [0.25, 0.3) is 0 Å². The summed E-state index contributed by atoms with van der Waals surface area (Å²) in [7, 11) is 0. The fourth-order valence-corrected chi connectivity index (χ4v) is 0.162. The SMILES string of the molecule is CC(F)C(C)(O)CN. The van der Waals surface area contributed by atoms with Crippen LogP contribution in [0.2, 0.25) is 0 Å². The average Bonchev–Trinajstić information content (AvgIpc) is 1.67. The van der Waals surface area contributed by atoms with Crippen molar-refractivity contribution in [1.82, 2.24) is 0 Å². The van der Waals surface area contributed by atoms with Gasteiger partial charge < -0.3 is 10.8 Å². The van der Waals surface area contributed by atoms with Crippen LogP contribution in [-0.2, 0) is 0 Å². The average molecular weight is 121 g/mol. The van der Waals surface area contributed by atoms with Crippen molar-refractivity contribution in [3.8, 4) is 0 Å². The van der Waals surface area contributed by atoms with Gasteiger partial charge in [-0.1, -0.05) is 0 Å². The third-order valence-corrected chi connectivity index (χ3v) is 1.27. The van der Waals surface area contributed by atoms with Gasteiger partial charge in [-0.15, -0.1) is 0 Å². The Hall–Kier alpha value is -0.150. The van der Waals surface area contributed by atoms with E-state index in [1.54, 1.807) is 0 Å². The van der Waals surface area contributed by atoms with E-state index in [0.29, 0.717) is 0 Å². The van der Waals surface area contributed by atoms with Crippen molar-refractivity contribution in [3.05, 3.63) is 0 Å². The number of nitrogens with two attached hydrogens (primary N) is 1. The van der Waals surface area contributed by atoms with Crippen molar-refractivity contribution in [1.29, 1.82) is 0 Å². The smallest absolute Gasteiger partial charge is 0.127 e. The molecule has 8 heavy (non-hydrogen) atoms. The summed E-state index contributed by atoms with van der Waals surface area (Å²) in [5, 5.41) is 8.90. The second-order valence-corrected chi connectivity index (χ2v) is 2.18. The van der Waals surface area contributed by atoms with Gasteiger partial charge in [-0.25, -0.2) is 4.39 Å². The summed E-state index contributed by atoms with van der Waals surface area (Å²) in [6, 6.07) is 0. The number of alkyl halides is 1. The van der Waals surface area contributed by atoms with Gasteiger partial charge >= 0.3 is 0 Å². The highest BCUT2D eigenvalue weighted by Gasteiger charge is 2.25. The Bertz CT molecular complexity index is 72.8. The van der Waals surface area contributed by atoms with Gasteiger partial charge in [-0.05, 0) is 13.8 Å². The minimum Gasteiger partial charge on any atom is -0.386 e. The Balaban J connectivity index is 3.71. The zero-order chi connectivity index (χ0) is 6.78. The predicted octanol–water partition coefficient (Wildman–Crippen LogP) is 0.0541. The van der Waals surface area contributed by atoms with Crippen LogP contribution < -0.4 is 5.73 Å². The molecule has 0 aliphatic carbocycles. The summed E-state index contributed by atoms with van der Waals surface area (Å²) >= 11 is 0. The summed E-state index contributed by atoms with van der Waals surface area (Å²) < 4.78 is 12.1. The lowest BCUT2D eigenvalue weighted by atomic mass is 10.0. The van der Waals surface area contributed by atoms with Crippen molar-refractivity contribution in [2.75, 3.05) is 6.54 Å². The first-order valence-corrected chi connectivity index (χ1v) is 2.57. The summed E-state index contributed by atoms with van der Waals surface area (Å²) in [5.41, 5.74) is 3.67. The number of aliphatic hydroxyl groups is 1. The molecule has 0 bridgehead atoms. The molecule has 2 atom stereocenters. The highest BCUT2D eigenvalue weighted by Crippen LogP contribution is 2.09. The second-order valence-electron chi connectivity index (χ2n) is 2.18. The van der Waals surface area contributed by atoms with E-state index in [4.69, 9.17) is 10.8 Å². The van der Waals surface area contributed by atoms with E-state index in [2.05, 4.69) is 0 Å². The highest BCUT2D eigenvalue weighted by atomic mass is 19.1. The van der Waals surface area contributed by atoms with Crippen LogP contribution in [0, 0.1) is 0 Å². The highest BCUT2D eigenvalue weighted by molar-refractivity contribution is 4.78. The molecule has 2 nitrogen and oxygen atoms in total. The first-order valence-electron chi connectivity index (χ1n) is 2.57. The molecule has 0 amide bonds. The molecule has 0 heterocycles. The fraction of sp³-hybridized carbons (Fsp3) is 1.00. The second kappa shape index (κ2) is 2.42. The lowest BCUT2D eigenvalue weighted by molar-refractivity contribution is -0.00300. The van der Waals surface area contributed by atoms with E-state index in [-0.39, 0.29) is 6.54 Å². The zero-order valence-electron chi connectivity index (χ0n) is 5.19. The molecule has 0 saturated heterocycles. The predicted molar refractivity (Wildman–Crippen MR) is 30.2 cm³/mol. The van der Waals surface area contributed by atoms with Gasteiger partial charge in [-0.3, -0.25) is 0 Å². The fourth-order valence-electron chi connectivity index (χ4n) is 0.162. The third kappa shape index (κ3) is 1.76. The molecule has 0 fully saturated rings. The van der Waals surface area contributed by atoms with Crippen LogP contribution in [0.3, 0.4) is 0 Å². The number of hydrogen-bond donors (Lipinski definition) is 2. The molecule has 0 aromatic carbocycles. The van der Waals surface area contributed by atoms with Crippen LogP contribution in [0.4, 0.5) is 4.39 Å². The molecule has 2 unspecified atom stereocenters. The Morgan fingerprint density at radius 3 is 2.25 bits per heavy atom. The molecular formula is C5H12FNO. The van der Waals surface area contributed by atoms with Crippen LogP contribution in [0.1, 0.15) is 13.8 Å². The maximum absolute atomic E-state index is 12.1. The zero-order valence-corrected chi connectivity index (χ0v) is 5.19. The molecule has 0 radical (unpaired) electrons. The summed E-state index contributed by atoms with van der Waals surface area (Å²) in [5.74, 6) is 0. The van der Waals surface area contributed by atoms with Gasteiger partial charge in [-0.2, -0.15) is 0 Å². The Kier molecular flexibility index (Phi) is 2.37. The molecule has 0 aromatic rings. The molecule has 50 valence electrons. The molecule has 0 spiro atoms. The molecule has 0 aliphatic heterocycles. The van der Waals surface area contributed by atoms with Crippen LogP contribution >= 0.6 is 0 Å². The molecule has 0 aromatic heterocycles. The number of rotatable bonds is 2. The topological polar surface area (TPSA) is 46.2 Å². The summed E-state index contributed by atoms with van der Waals surface area (Å²) in [6.07, 6.45) is -1.26. The minimum absolute atomic E-state index is 0.0370. The van der Waals surface area contributed by atoms with Crippen LogP contribution in [0.15, 0.2) is 0 Å². The van der Waals surface area contributed by atoms with Crippen molar-refractivity contribution < 1.29 is 9.50 Å². The maximum atomic E-state index is 12.1. The van der Waals surface area contributed by atoms with Crippen molar-refractivity contribution in [3.63, 3.8) is 0 Å². The van der Waals surface area contributed by atoms with E-state index >= 15 is 0 Å². The number of hydrogen-bond acceptors (Lipinski definition) is 2. The lowest BCUT2D eigenvalue weighted by Crippen LogP contribution is -2.41.